The molecule has 0 spiro atoms. The standard InChI is InChI=1S/C25H40N4O5.C24H36N6O6/c26-21-34-20-14-8-7-13-19-29(24(32)15-9-3-1-5-11-17-27-22-30)25(33)16-10-4-2-6-12-18-28-23-31;25-19-36-18-12-6-5-11-17-30-23(34)28(15-9-3-1-7-13-26-20-31)22(33)29(24(30)35)16-10-4-2-8-14-27-21-32/h1-20H2;1-18H2. The third-order valence-electron chi connectivity index (χ3n) is 11.3. The van der Waals surface area contributed by atoms with Crippen molar-refractivity contribution in [1.29, 1.82) is 10.5 Å². The number of carbonyl (C=O) groups is 2. The van der Waals surface area contributed by atoms with Gasteiger partial charge >= 0.3 is 17.1 Å². The molecule has 1 aromatic heterocycles. The predicted molar refractivity (Wildman–Crippen MR) is 260 cm³/mol. The summed E-state index contributed by atoms with van der Waals surface area (Å²) in [6.45, 7) is 3.64. The number of aliphatic imine (C=N–C) groups is 4. The molecular formula is C49H76N10O11. The Morgan fingerprint density at radius 3 is 0.986 bits per heavy atom. The number of unbranched alkanes of at least 4 members (excludes halogenated alkanes) is 20. The van der Waals surface area contributed by atoms with E-state index in [0.717, 1.165) is 155 Å². The second-order valence-electron chi connectivity index (χ2n) is 16.7. The van der Waals surface area contributed by atoms with E-state index < -0.39 is 17.1 Å². The minimum absolute atomic E-state index is 0.102. The maximum Gasteiger partial charge on any atom is 0.336 e. The second kappa shape index (κ2) is 47.7. The summed E-state index contributed by atoms with van der Waals surface area (Å²) < 4.78 is 12.7. The summed E-state index contributed by atoms with van der Waals surface area (Å²) in [7, 11) is 0. The minimum atomic E-state index is -0.592. The zero-order valence-corrected chi connectivity index (χ0v) is 41.3. The van der Waals surface area contributed by atoms with Crippen molar-refractivity contribution in [2.45, 2.75) is 199 Å². The van der Waals surface area contributed by atoms with Gasteiger partial charge in [0.2, 0.25) is 36.1 Å². The Labute approximate surface area is 411 Å². The second-order valence-corrected chi connectivity index (χ2v) is 16.7. The number of carbonyl (C=O) groups excluding carboxylic acids is 6. The molecule has 0 aliphatic rings. The van der Waals surface area contributed by atoms with E-state index in [1.165, 1.54) is 29.2 Å². The first-order chi connectivity index (χ1) is 34.2. The van der Waals surface area contributed by atoms with Gasteiger partial charge < -0.3 is 9.47 Å². The van der Waals surface area contributed by atoms with Gasteiger partial charge in [-0.05, 0) is 89.9 Å². The van der Waals surface area contributed by atoms with Crippen LogP contribution in [0.4, 0.5) is 0 Å². The van der Waals surface area contributed by atoms with Crippen LogP contribution in [-0.4, -0.2) is 101 Å². The third kappa shape index (κ3) is 34.0. The molecule has 0 N–H and O–H groups in total. The molecule has 0 fully saturated rings. The molecule has 0 aliphatic carbocycles. The molecule has 1 heterocycles. The molecule has 2 amide bonds. The molecule has 0 radical (unpaired) electrons. The van der Waals surface area contributed by atoms with Crippen LogP contribution >= 0.6 is 0 Å². The van der Waals surface area contributed by atoms with Gasteiger partial charge in [-0.15, -0.1) is 0 Å². The number of isocyanates is 4. The summed E-state index contributed by atoms with van der Waals surface area (Å²) in [6.07, 6.45) is 30.8. The van der Waals surface area contributed by atoms with Crippen LogP contribution < -0.4 is 17.1 Å². The fourth-order valence-electron chi connectivity index (χ4n) is 7.41. The Morgan fingerprint density at radius 1 is 0.400 bits per heavy atom. The maximum absolute atomic E-state index is 13.0. The fourth-order valence-corrected chi connectivity index (χ4v) is 7.41. The van der Waals surface area contributed by atoms with E-state index in [1.54, 1.807) is 12.5 Å². The summed E-state index contributed by atoms with van der Waals surface area (Å²) in [6, 6.07) is 0. The lowest BCUT2D eigenvalue weighted by Gasteiger charge is -2.21. The van der Waals surface area contributed by atoms with E-state index in [1.807, 2.05) is 0 Å². The normalized spacial score (nSPS) is 10.1. The Morgan fingerprint density at radius 2 is 0.671 bits per heavy atom. The molecule has 21 nitrogen and oxygen atoms in total. The number of nitriles is 2. The first kappa shape index (κ1) is 63.6. The highest BCUT2D eigenvalue weighted by atomic mass is 16.5. The van der Waals surface area contributed by atoms with Gasteiger partial charge in [0, 0.05) is 39.0 Å². The van der Waals surface area contributed by atoms with Gasteiger partial charge in [-0.25, -0.2) is 67.2 Å². The molecule has 388 valence electrons. The Bertz CT molecular complexity index is 1930. The summed E-state index contributed by atoms with van der Waals surface area (Å²) >= 11 is 0. The fraction of sp³-hybridized carbons (Fsp3) is 0.776. The van der Waals surface area contributed by atoms with E-state index in [9.17, 15) is 43.2 Å². The first-order valence-corrected chi connectivity index (χ1v) is 25.2. The molecule has 0 unspecified atom stereocenters. The molecular weight excluding hydrogens is 905 g/mol. The quantitative estimate of drug-likeness (QED) is 0.0282. The molecule has 70 heavy (non-hydrogen) atoms. The number of amides is 2. The SMILES string of the molecule is N#COCCCCCCN(C(=O)CCCCCCCN=C=O)C(=O)CCCCCCCN=C=O.N#COCCCCCCn1c(=O)n(CCCCCCN=C=O)c(=O)n(CCCCCCN=C=O)c1=O. The topological polar surface area (TPSA) is 287 Å². The lowest BCUT2D eigenvalue weighted by atomic mass is 10.1. The van der Waals surface area contributed by atoms with E-state index in [-0.39, 0.29) is 31.4 Å². The molecule has 0 saturated carbocycles. The van der Waals surface area contributed by atoms with Crippen LogP contribution in [0.3, 0.4) is 0 Å². The number of rotatable bonds is 44. The summed E-state index contributed by atoms with van der Waals surface area (Å²) in [5, 5.41) is 16.8. The molecule has 1 aromatic rings. The predicted octanol–water partition coefficient (Wildman–Crippen LogP) is 6.77. The monoisotopic (exact) mass is 981 g/mol. The minimum Gasteiger partial charge on any atom is -0.428 e. The summed E-state index contributed by atoms with van der Waals surface area (Å²) in [5.41, 5.74) is -1.77. The maximum atomic E-state index is 13.0. The van der Waals surface area contributed by atoms with E-state index in [2.05, 4.69) is 29.4 Å². The molecule has 0 bridgehead atoms. The Hall–Kier alpha value is -6.35. The number of ether oxygens (including phenoxy) is 2. The van der Waals surface area contributed by atoms with Gasteiger partial charge in [0.1, 0.15) is 13.2 Å². The van der Waals surface area contributed by atoms with Crippen molar-refractivity contribution >= 4 is 36.1 Å². The lowest BCUT2D eigenvalue weighted by Crippen LogP contribution is -2.54. The van der Waals surface area contributed by atoms with Crippen LogP contribution in [0.2, 0.25) is 0 Å². The lowest BCUT2D eigenvalue weighted by molar-refractivity contribution is -0.145. The largest absolute Gasteiger partial charge is 0.428 e. The van der Waals surface area contributed by atoms with Gasteiger partial charge in [0.25, 0.3) is 12.5 Å². The highest BCUT2D eigenvalue weighted by Gasteiger charge is 2.20. The van der Waals surface area contributed by atoms with Crippen molar-refractivity contribution in [3.05, 3.63) is 31.5 Å². The van der Waals surface area contributed by atoms with Crippen LogP contribution in [0, 0.1) is 23.0 Å². The highest BCUT2D eigenvalue weighted by Crippen LogP contribution is 2.13. The van der Waals surface area contributed by atoms with Crippen molar-refractivity contribution in [2.24, 2.45) is 20.0 Å². The van der Waals surface area contributed by atoms with Crippen molar-refractivity contribution in [1.82, 2.24) is 18.6 Å². The van der Waals surface area contributed by atoms with Gasteiger partial charge in [0.05, 0.1) is 26.2 Å². The number of nitrogens with zero attached hydrogens (tertiary/aromatic N) is 10. The number of hydrogen-bond donors (Lipinski definition) is 0. The van der Waals surface area contributed by atoms with Crippen molar-refractivity contribution < 1.29 is 38.2 Å². The summed E-state index contributed by atoms with van der Waals surface area (Å²) in [4.78, 5) is 120. The first-order valence-electron chi connectivity index (χ1n) is 25.2. The van der Waals surface area contributed by atoms with Crippen molar-refractivity contribution in [3.63, 3.8) is 0 Å². The smallest absolute Gasteiger partial charge is 0.336 e. The molecule has 0 atom stereocenters. The van der Waals surface area contributed by atoms with Crippen molar-refractivity contribution in [2.75, 3.05) is 45.9 Å². The number of aromatic nitrogens is 3. The van der Waals surface area contributed by atoms with Crippen LogP contribution in [0.25, 0.3) is 0 Å². The highest BCUT2D eigenvalue weighted by molar-refractivity contribution is 5.95. The van der Waals surface area contributed by atoms with Crippen LogP contribution in [0.5, 0.6) is 0 Å². The average molecular weight is 981 g/mol. The van der Waals surface area contributed by atoms with Gasteiger partial charge in [-0.1, -0.05) is 77.0 Å². The van der Waals surface area contributed by atoms with Crippen LogP contribution in [-0.2, 0) is 57.9 Å². The van der Waals surface area contributed by atoms with Crippen molar-refractivity contribution in [3.8, 4) is 12.5 Å². The van der Waals surface area contributed by atoms with E-state index >= 15 is 0 Å². The number of imide groups is 1. The molecule has 21 heteroatoms. The molecule has 0 saturated heterocycles. The average Bonchev–Trinajstić information content (AvgIpc) is 3.35. The number of hydrogen-bond acceptors (Lipinski definition) is 17. The zero-order valence-electron chi connectivity index (χ0n) is 41.3. The molecule has 0 aromatic carbocycles. The Balaban J connectivity index is 0.00000136. The summed E-state index contributed by atoms with van der Waals surface area (Å²) in [5.74, 6) is -0.204. The zero-order chi connectivity index (χ0) is 51.6. The van der Waals surface area contributed by atoms with Gasteiger partial charge in [0.15, 0.2) is 0 Å². The Kier molecular flexibility index (Phi) is 43.4. The van der Waals surface area contributed by atoms with E-state index in [0.29, 0.717) is 84.5 Å². The van der Waals surface area contributed by atoms with Gasteiger partial charge in [-0.3, -0.25) is 14.5 Å². The molecule has 0 aliphatic heterocycles. The van der Waals surface area contributed by atoms with Crippen LogP contribution in [0.15, 0.2) is 34.4 Å². The van der Waals surface area contributed by atoms with E-state index in [4.69, 9.17) is 10.5 Å². The third-order valence-corrected chi connectivity index (χ3v) is 11.3. The van der Waals surface area contributed by atoms with Crippen LogP contribution in [0.1, 0.15) is 180 Å². The van der Waals surface area contributed by atoms with Gasteiger partial charge in [-0.2, -0.15) is 10.5 Å². The molecule has 1 rings (SSSR count).